The fraction of sp³-hybridized carbons (Fsp3) is 0.308. The van der Waals surface area contributed by atoms with Gasteiger partial charge in [0.15, 0.2) is 0 Å². The van der Waals surface area contributed by atoms with Gasteiger partial charge in [-0.2, -0.15) is 0 Å². The quantitative estimate of drug-likeness (QED) is 0.577. The van der Waals surface area contributed by atoms with Gasteiger partial charge in [-0.3, -0.25) is 4.79 Å². The number of rotatable bonds is 6. The zero-order valence-electron chi connectivity index (χ0n) is 8.71. The van der Waals surface area contributed by atoms with Gasteiger partial charge in [0.1, 0.15) is 5.78 Å². The number of benzene rings is 1. The molecule has 0 saturated heterocycles. The predicted molar refractivity (Wildman–Crippen MR) is 71.9 cm³/mol. The number of hydrogen-bond donors (Lipinski definition) is 0. The fourth-order valence-corrected chi connectivity index (χ4v) is 2.02. The van der Waals surface area contributed by atoms with E-state index in [1.54, 1.807) is 6.08 Å². The van der Waals surface area contributed by atoms with Crippen LogP contribution in [0.2, 0.25) is 0 Å². The summed E-state index contributed by atoms with van der Waals surface area (Å²) in [7, 11) is 0. The molecule has 0 heterocycles. The molecule has 0 aliphatic heterocycles. The molecule has 0 amide bonds. The monoisotopic (exact) mass is 314 g/mol. The van der Waals surface area contributed by atoms with Crippen LogP contribution >= 0.6 is 22.6 Å². The van der Waals surface area contributed by atoms with Crippen LogP contribution in [0.25, 0.3) is 0 Å². The van der Waals surface area contributed by atoms with Gasteiger partial charge in [-0.15, -0.1) is 6.58 Å². The summed E-state index contributed by atoms with van der Waals surface area (Å²) in [5, 5.41) is 0. The number of Topliss-reactive ketones (excluding diaryl/α,β-unsaturated/α-hetero) is 1. The normalized spacial score (nSPS) is 9.93. The van der Waals surface area contributed by atoms with Gasteiger partial charge in [-0.05, 0) is 47.1 Å². The Morgan fingerprint density at radius 1 is 1.33 bits per heavy atom. The fourth-order valence-electron chi connectivity index (χ4n) is 1.36. The lowest BCUT2D eigenvalue weighted by molar-refractivity contribution is -0.118. The maximum atomic E-state index is 11.4. The van der Waals surface area contributed by atoms with Gasteiger partial charge in [0.2, 0.25) is 0 Å². The summed E-state index contributed by atoms with van der Waals surface area (Å²) in [6, 6.07) is 8.20. The van der Waals surface area contributed by atoms with E-state index >= 15 is 0 Å². The zero-order valence-corrected chi connectivity index (χ0v) is 10.9. The van der Waals surface area contributed by atoms with Gasteiger partial charge in [0.05, 0.1) is 0 Å². The van der Waals surface area contributed by atoms with Crippen LogP contribution in [-0.4, -0.2) is 5.78 Å². The number of aryl methyl sites for hydroxylation is 1. The Morgan fingerprint density at radius 2 is 2.07 bits per heavy atom. The number of carbonyl (C=O) groups is 1. The molecule has 0 fully saturated rings. The van der Waals surface area contributed by atoms with Crippen molar-refractivity contribution in [2.45, 2.75) is 25.7 Å². The Labute approximate surface area is 105 Å². The molecule has 0 N–H and O–H groups in total. The smallest absolute Gasteiger partial charge is 0.133 e. The van der Waals surface area contributed by atoms with Crippen molar-refractivity contribution in [3.05, 3.63) is 46.1 Å². The Morgan fingerprint density at radius 3 is 2.73 bits per heavy atom. The molecule has 0 atom stereocenters. The van der Waals surface area contributed by atoms with E-state index in [4.69, 9.17) is 0 Å². The van der Waals surface area contributed by atoms with Crippen LogP contribution in [0, 0.1) is 3.57 Å². The maximum Gasteiger partial charge on any atom is 0.133 e. The van der Waals surface area contributed by atoms with Gasteiger partial charge < -0.3 is 0 Å². The largest absolute Gasteiger partial charge is 0.300 e. The molecule has 0 spiro atoms. The van der Waals surface area contributed by atoms with Crippen molar-refractivity contribution in [3.63, 3.8) is 0 Å². The van der Waals surface area contributed by atoms with E-state index in [9.17, 15) is 4.79 Å². The molecule has 0 saturated carbocycles. The van der Waals surface area contributed by atoms with Crippen molar-refractivity contribution in [2.75, 3.05) is 0 Å². The molecule has 0 radical (unpaired) electrons. The van der Waals surface area contributed by atoms with Gasteiger partial charge in [0, 0.05) is 16.4 Å². The third kappa shape index (κ3) is 4.60. The van der Waals surface area contributed by atoms with Crippen LogP contribution in [0.4, 0.5) is 0 Å². The van der Waals surface area contributed by atoms with Gasteiger partial charge in [-0.1, -0.05) is 24.3 Å². The molecule has 1 aromatic carbocycles. The number of allylic oxidation sites excluding steroid dienone is 1. The average molecular weight is 314 g/mol. The van der Waals surface area contributed by atoms with Crippen molar-refractivity contribution in [1.29, 1.82) is 0 Å². The highest BCUT2D eigenvalue weighted by molar-refractivity contribution is 14.1. The van der Waals surface area contributed by atoms with Gasteiger partial charge in [-0.25, -0.2) is 0 Å². The van der Waals surface area contributed by atoms with E-state index in [0.29, 0.717) is 18.6 Å². The highest BCUT2D eigenvalue weighted by atomic mass is 127. The van der Waals surface area contributed by atoms with E-state index in [-0.39, 0.29) is 0 Å². The lowest BCUT2D eigenvalue weighted by atomic mass is 10.1. The molecule has 80 valence electrons. The van der Waals surface area contributed by atoms with E-state index in [1.807, 2.05) is 12.1 Å². The van der Waals surface area contributed by atoms with Crippen molar-refractivity contribution in [2.24, 2.45) is 0 Å². The Bertz CT molecular complexity index is 344. The average Bonchev–Trinajstić information content (AvgIpc) is 2.25. The van der Waals surface area contributed by atoms with Crippen LogP contribution in [0.15, 0.2) is 36.9 Å². The maximum absolute atomic E-state index is 11.4. The van der Waals surface area contributed by atoms with E-state index in [2.05, 4.69) is 41.3 Å². The summed E-state index contributed by atoms with van der Waals surface area (Å²) in [6.45, 7) is 3.61. The summed E-state index contributed by atoms with van der Waals surface area (Å²) >= 11 is 2.31. The summed E-state index contributed by atoms with van der Waals surface area (Å²) < 4.78 is 1.24. The SMILES string of the molecule is C=CCCC(=O)CCc1ccccc1I. The van der Waals surface area contributed by atoms with E-state index in [1.165, 1.54) is 9.13 Å². The Kier molecular flexibility index (Phi) is 5.61. The second-order valence-electron chi connectivity index (χ2n) is 3.46. The van der Waals surface area contributed by atoms with Crippen molar-refractivity contribution < 1.29 is 4.79 Å². The van der Waals surface area contributed by atoms with Crippen LogP contribution in [0.1, 0.15) is 24.8 Å². The topological polar surface area (TPSA) is 17.1 Å². The lowest BCUT2D eigenvalue weighted by Crippen LogP contribution is -2.00. The first-order chi connectivity index (χ1) is 7.24. The zero-order chi connectivity index (χ0) is 11.1. The Hall–Kier alpha value is -0.640. The first-order valence-corrected chi connectivity index (χ1v) is 6.18. The molecule has 1 rings (SSSR count). The third-order valence-corrected chi connectivity index (χ3v) is 3.31. The second kappa shape index (κ2) is 6.77. The van der Waals surface area contributed by atoms with Gasteiger partial charge >= 0.3 is 0 Å². The van der Waals surface area contributed by atoms with Crippen molar-refractivity contribution in [1.82, 2.24) is 0 Å². The van der Waals surface area contributed by atoms with Crippen LogP contribution < -0.4 is 0 Å². The lowest BCUT2D eigenvalue weighted by Gasteiger charge is -2.03. The number of halogens is 1. The van der Waals surface area contributed by atoms with Crippen molar-refractivity contribution in [3.8, 4) is 0 Å². The predicted octanol–water partition coefficient (Wildman–Crippen LogP) is 3.76. The van der Waals surface area contributed by atoms with Crippen LogP contribution in [0.3, 0.4) is 0 Å². The third-order valence-electron chi connectivity index (χ3n) is 2.26. The number of carbonyl (C=O) groups excluding carboxylic acids is 1. The van der Waals surface area contributed by atoms with Gasteiger partial charge in [0.25, 0.3) is 0 Å². The molecule has 0 aliphatic rings. The molecule has 0 unspecified atom stereocenters. The number of ketones is 1. The standard InChI is InChI=1S/C13H15IO/c1-2-3-7-12(15)10-9-11-6-4-5-8-13(11)14/h2,4-6,8H,1,3,7,9-10H2. The van der Waals surface area contributed by atoms with Crippen LogP contribution in [-0.2, 0) is 11.2 Å². The molecule has 2 heteroatoms. The summed E-state index contributed by atoms with van der Waals surface area (Å²) in [4.78, 5) is 11.4. The molecular weight excluding hydrogens is 299 g/mol. The minimum atomic E-state index is 0.328. The molecule has 0 aliphatic carbocycles. The van der Waals surface area contributed by atoms with E-state index < -0.39 is 0 Å². The second-order valence-corrected chi connectivity index (χ2v) is 4.62. The first-order valence-electron chi connectivity index (χ1n) is 5.10. The summed E-state index contributed by atoms with van der Waals surface area (Å²) in [5.41, 5.74) is 1.27. The van der Waals surface area contributed by atoms with Crippen LogP contribution in [0.5, 0.6) is 0 Å². The summed E-state index contributed by atoms with van der Waals surface area (Å²) in [6.07, 6.45) is 4.73. The Balaban J connectivity index is 2.40. The molecular formula is C13H15IO. The minimum Gasteiger partial charge on any atom is -0.300 e. The minimum absolute atomic E-state index is 0.328. The molecule has 1 aromatic rings. The molecule has 1 nitrogen and oxygen atoms in total. The van der Waals surface area contributed by atoms with Crippen molar-refractivity contribution >= 4 is 28.4 Å². The highest BCUT2D eigenvalue weighted by Gasteiger charge is 2.03. The molecule has 0 aromatic heterocycles. The highest BCUT2D eigenvalue weighted by Crippen LogP contribution is 2.14. The first kappa shape index (κ1) is 12.4. The van der Waals surface area contributed by atoms with E-state index in [0.717, 1.165) is 12.8 Å². The number of hydrogen-bond acceptors (Lipinski definition) is 1. The molecule has 15 heavy (non-hydrogen) atoms. The summed E-state index contributed by atoms with van der Waals surface area (Å²) in [5.74, 6) is 0.328. The molecule has 0 bridgehead atoms.